The molecule has 0 saturated heterocycles. The first-order valence-corrected chi connectivity index (χ1v) is 10.1. The molecule has 4 rings (SSSR count). The summed E-state index contributed by atoms with van der Waals surface area (Å²) in [7, 11) is 2.21. The zero-order valence-electron chi connectivity index (χ0n) is 16.4. The molecule has 4 nitrogen and oxygen atoms in total. The number of fused-ring (bicyclic) bond motifs is 1. The number of hydrogen-bond acceptors (Lipinski definition) is 3. The van der Waals surface area contributed by atoms with Crippen molar-refractivity contribution in [1.29, 1.82) is 0 Å². The van der Waals surface area contributed by atoms with E-state index in [0.717, 1.165) is 17.4 Å². The van der Waals surface area contributed by atoms with E-state index < -0.39 is 0 Å². The Balaban J connectivity index is 1.39. The minimum atomic E-state index is -0.107. The number of hydrogen-bond donors (Lipinski definition) is 1. The third-order valence-electron chi connectivity index (χ3n) is 5.69. The van der Waals surface area contributed by atoms with Gasteiger partial charge in [0.15, 0.2) is 0 Å². The molecule has 1 N–H and O–H groups in total. The van der Waals surface area contributed by atoms with Gasteiger partial charge in [-0.25, -0.2) is 0 Å². The summed E-state index contributed by atoms with van der Waals surface area (Å²) in [6, 6.07) is 18.5. The summed E-state index contributed by atoms with van der Waals surface area (Å²) in [5.74, 6) is -0.107. The van der Waals surface area contributed by atoms with E-state index in [1.54, 1.807) is 6.20 Å². The van der Waals surface area contributed by atoms with Crippen LogP contribution in [0.2, 0.25) is 0 Å². The van der Waals surface area contributed by atoms with Crippen LogP contribution in [0.25, 0.3) is 10.9 Å². The van der Waals surface area contributed by atoms with Crippen LogP contribution in [0.15, 0.2) is 60.8 Å². The van der Waals surface area contributed by atoms with E-state index in [0.29, 0.717) is 17.3 Å². The normalized spacial score (nSPS) is 15.1. The minimum absolute atomic E-state index is 0.107. The van der Waals surface area contributed by atoms with Gasteiger partial charge in [0.1, 0.15) is 0 Å². The fourth-order valence-corrected chi connectivity index (χ4v) is 4.04. The van der Waals surface area contributed by atoms with Crippen molar-refractivity contribution in [1.82, 2.24) is 9.88 Å². The van der Waals surface area contributed by atoms with Gasteiger partial charge in [0, 0.05) is 23.5 Å². The number of nitrogens with one attached hydrogen (secondary N) is 1. The molecule has 0 radical (unpaired) electrons. The zero-order valence-corrected chi connectivity index (χ0v) is 16.4. The Kier molecular flexibility index (Phi) is 5.68. The van der Waals surface area contributed by atoms with Crippen molar-refractivity contribution >= 4 is 22.5 Å². The number of aromatic nitrogens is 1. The molecule has 0 aliphatic heterocycles. The lowest BCUT2D eigenvalue weighted by Gasteiger charge is -2.31. The first-order chi connectivity index (χ1) is 13.7. The highest BCUT2D eigenvalue weighted by Crippen LogP contribution is 2.23. The molecule has 1 aromatic heterocycles. The third-order valence-corrected chi connectivity index (χ3v) is 5.69. The maximum Gasteiger partial charge on any atom is 0.255 e. The third kappa shape index (κ3) is 4.39. The van der Waals surface area contributed by atoms with Crippen LogP contribution in [-0.4, -0.2) is 28.9 Å². The summed E-state index contributed by atoms with van der Waals surface area (Å²) < 4.78 is 0. The molecule has 4 heteroatoms. The number of benzene rings is 2. The second kappa shape index (κ2) is 8.53. The number of amides is 1. The summed E-state index contributed by atoms with van der Waals surface area (Å²) in [5.41, 5.74) is 3.55. The molecule has 144 valence electrons. The van der Waals surface area contributed by atoms with Crippen molar-refractivity contribution in [2.24, 2.45) is 0 Å². The highest BCUT2D eigenvalue weighted by atomic mass is 16.1. The molecule has 1 fully saturated rings. The lowest BCUT2D eigenvalue weighted by Crippen LogP contribution is -2.32. The first-order valence-electron chi connectivity index (χ1n) is 10.1. The molecule has 1 aliphatic carbocycles. The molecule has 0 atom stereocenters. The topological polar surface area (TPSA) is 45.2 Å². The standard InChI is InChI=1S/C24H27N3O/c1-27(22-8-3-2-4-9-22)17-18-11-13-19(14-12-18)24(28)26-21-15-20-7-5-6-10-23(20)25-16-21/h5-7,10-16,22H,2-4,8-9,17H2,1H3,(H,26,28). The molecule has 28 heavy (non-hydrogen) atoms. The Bertz CT molecular complexity index is 945. The first kappa shape index (κ1) is 18.6. The lowest BCUT2D eigenvalue weighted by atomic mass is 9.94. The van der Waals surface area contributed by atoms with Crippen molar-refractivity contribution in [2.45, 2.75) is 44.7 Å². The summed E-state index contributed by atoms with van der Waals surface area (Å²) in [5, 5.41) is 3.97. The van der Waals surface area contributed by atoms with Gasteiger partial charge in [-0.3, -0.25) is 14.7 Å². The quantitative estimate of drug-likeness (QED) is 0.664. The van der Waals surface area contributed by atoms with Crippen molar-refractivity contribution < 1.29 is 4.79 Å². The molecule has 0 bridgehead atoms. The summed E-state index contributed by atoms with van der Waals surface area (Å²) in [6.07, 6.45) is 8.37. The monoisotopic (exact) mass is 373 g/mol. The van der Waals surface area contributed by atoms with Gasteiger partial charge in [0.05, 0.1) is 17.4 Å². The Hall–Kier alpha value is -2.72. The van der Waals surface area contributed by atoms with Crippen molar-refractivity contribution in [3.63, 3.8) is 0 Å². The van der Waals surface area contributed by atoms with Gasteiger partial charge in [0.2, 0.25) is 0 Å². The molecular formula is C24H27N3O. The van der Waals surface area contributed by atoms with Crippen molar-refractivity contribution in [3.05, 3.63) is 71.9 Å². The van der Waals surface area contributed by atoms with Crippen LogP contribution in [0.3, 0.4) is 0 Å². The highest BCUT2D eigenvalue weighted by molar-refractivity contribution is 6.04. The Morgan fingerprint density at radius 2 is 1.82 bits per heavy atom. The van der Waals surface area contributed by atoms with E-state index in [-0.39, 0.29) is 5.91 Å². The average Bonchev–Trinajstić information content (AvgIpc) is 2.75. The predicted molar refractivity (Wildman–Crippen MR) is 114 cm³/mol. The molecule has 2 aromatic carbocycles. The van der Waals surface area contributed by atoms with E-state index in [1.165, 1.54) is 37.7 Å². The van der Waals surface area contributed by atoms with Gasteiger partial charge in [-0.05, 0) is 49.7 Å². The fraction of sp³-hybridized carbons (Fsp3) is 0.333. The van der Waals surface area contributed by atoms with E-state index in [1.807, 2.05) is 42.5 Å². The summed E-state index contributed by atoms with van der Waals surface area (Å²) in [6.45, 7) is 0.932. The smallest absolute Gasteiger partial charge is 0.255 e. The van der Waals surface area contributed by atoms with Gasteiger partial charge in [-0.15, -0.1) is 0 Å². The van der Waals surface area contributed by atoms with Crippen LogP contribution in [0, 0.1) is 0 Å². The second-order valence-corrected chi connectivity index (χ2v) is 7.77. The van der Waals surface area contributed by atoms with Crippen LogP contribution in [0.5, 0.6) is 0 Å². The molecule has 1 aliphatic rings. The van der Waals surface area contributed by atoms with Crippen molar-refractivity contribution in [3.8, 4) is 0 Å². The molecule has 1 amide bonds. The van der Waals surface area contributed by atoms with Crippen LogP contribution in [0.1, 0.15) is 48.0 Å². The molecule has 1 saturated carbocycles. The van der Waals surface area contributed by atoms with E-state index >= 15 is 0 Å². The Morgan fingerprint density at radius 1 is 1.07 bits per heavy atom. The molecule has 0 unspecified atom stereocenters. The van der Waals surface area contributed by atoms with E-state index in [4.69, 9.17) is 0 Å². The predicted octanol–water partition coefficient (Wildman–Crippen LogP) is 5.25. The lowest BCUT2D eigenvalue weighted by molar-refractivity contribution is 0.102. The van der Waals surface area contributed by atoms with E-state index in [2.05, 4.69) is 34.4 Å². The Morgan fingerprint density at radius 3 is 2.61 bits per heavy atom. The number of carbonyl (C=O) groups is 1. The van der Waals surface area contributed by atoms with Gasteiger partial charge >= 0.3 is 0 Å². The highest BCUT2D eigenvalue weighted by Gasteiger charge is 2.18. The van der Waals surface area contributed by atoms with Crippen LogP contribution >= 0.6 is 0 Å². The Labute approximate surface area is 166 Å². The largest absolute Gasteiger partial charge is 0.321 e. The number of pyridine rings is 1. The van der Waals surface area contributed by atoms with Crippen LogP contribution in [-0.2, 0) is 6.54 Å². The number of para-hydroxylation sites is 1. The number of rotatable bonds is 5. The maximum atomic E-state index is 12.6. The van der Waals surface area contributed by atoms with Gasteiger partial charge in [-0.1, -0.05) is 49.6 Å². The summed E-state index contributed by atoms with van der Waals surface area (Å²) >= 11 is 0. The SMILES string of the molecule is CN(Cc1ccc(C(=O)Nc2cnc3ccccc3c2)cc1)C1CCCCC1. The van der Waals surface area contributed by atoms with Gasteiger partial charge < -0.3 is 5.32 Å². The minimum Gasteiger partial charge on any atom is -0.321 e. The van der Waals surface area contributed by atoms with E-state index in [9.17, 15) is 4.79 Å². The average molecular weight is 374 g/mol. The number of carbonyl (C=O) groups excluding carboxylic acids is 1. The van der Waals surface area contributed by atoms with Crippen LogP contribution in [0.4, 0.5) is 5.69 Å². The maximum absolute atomic E-state index is 12.6. The van der Waals surface area contributed by atoms with Gasteiger partial charge in [-0.2, -0.15) is 0 Å². The fourth-order valence-electron chi connectivity index (χ4n) is 4.04. The van der Waals surface area contributed by atoms with Crippen molar-refractivity contribution in [2.75, 3.05) is 12.4 Å². The number of nitrogens with zero attached hydrogens (tertiary/aromatic N) is 2. The molecular weight excluding hydrogens is 346 g/mol. The second-order valence-electron chi connectivity index (χ2n) is 7.77. The van der Waals surface area contributed by atoms with Gasteiger partial charge in [0.25, 0.3) is 5.91 Å². The molecule has 1 heterocycles. The molecule has 0 spiro atoms. The number of anilines is 1. The molecule has 3 aromatic rings. The van der Waals surface area contributed by atoms with Crippen LogP contribution < -0.4 is 5.32 Å². The summed E-state index contributed by atoms with van der Waals surface area (Å²) in [4.78, 5) is 19.4. The zero-order chi connectivity index (χ0) is 19.3.